The van der Waals surface area contributed by atoms with E-state index in [2.05, 4.69) is 24.4 Å². The minimum atomic E-state index is 0.101. The molecule has 0 saturated carbocycles. The van der Waals surface area contributed by atoms with Crippen LogP contribution in [0.5, 0.6) is 0 Å². The Balaban J connectivity index is 1.51. The maximum Gasteiger partial charge on any atom is 0.251 e. The van der Waals surface area contributed by atoms with Crippen LogP contribution in [0, 0.1) is 0 Å². The molecule has 2 nitrogen and oxygen atoms in total. The van der Waals surface area contributed by atoms with Gasteiger partial charge in [-0.25, -0.2) is 0 Å². The number of carbonyl (C=O) groups is 1. The molecule has 0 fully saturated rings. The quantitative estimate of drug-likeness (QED) is 0.449. The summed E-state index contributed by atoms with van der Waals surface area (Å²) in [5, 5.41) is 3.09. The van der Waals surface area contributed by atoms with E-state index in [0.29, 0.717) is 0 Å². The summed E-state index contributed by atoms with van der Waals surface area (Å²) in [6.45, 7) is 3.08. The van der Waals surface area contributed by atoms with Gasteiger partial charge in [0.15, 0.2) is 0 Å². The van der Waals surface area contributed by atoms with Crippen LogP contribution in [0.1, 0.15) is 105 Å². The van der Waals surface area contributed by atoms with Crippen molar-refractivity contribution in [2.45, 2.75) is 96.8 Å². The lowest BCUT2D eigenvalue weighted by Gasteiger charge is -2.16. The number of carbonyl (C=O) groups excluding carboxylic acids is 1. The molecule has 1 N–H and O–H groups in total. The summed E-state index contributed by atoms with van der Waals surface area (Å²) in [6, 6.07) is 6.27. The van der Waals surface area contributed by atoms with Gasteiger partial charge >= 0.3 is 0 Å². The topological polar surface area (TPSA) is 29.1 Å². The molecule has 1 aliphatic rings. The summed E-state index contributed by atoms with van der Waals surface area (Å²) in [4.78, 5) is 12.3. The Bertz CT molecular complexity index is 509. The largest absolute Gasteiger partial charge is 0.352 e. The third-order valence-corrected chi connectivity index (χ3v) is 5.43. The van der Waals surface area contributed by atoms with E-state index in [0.717, 1.165) is 24.9 Å². The number of hydrogen-bond donors (Lipinski definition) is 1. The highest BCUT2D eigenvalue weighted by Gasteiger charge is 2.12. The van der Waals surface area contributed by atoms with Crippen LogP contribution in [-0.4, -0.2) is 12.5 Å². The normalized spacial score (nSPS) is 13.5. The van der Waals surface area contributed by atoms with Gasteiger partial charge in [0.05, 0.1) is 0 Å². The number of fused-ring (bicyclic) bond motifs is 1. The Kier molecular flexibility index (Phi) is 9.69. The molecule has 0 heterocycles. The third kappa shape index (κ3) is 7.63. The van der Waals surface area contributed by atoms with E-state index < -0.39 is 0 Å². The van der Waals surface area contributed by atoms with E-state index in [4.69, 9.17) is 0 Å². The first-order valence-electron chi connectivity index (χ1n) is 10.7. The van der Waals surface area contributed by atoms with Crippen molar-refractivity contribution in [3.63, 3.8) is 0 Å². The SMILES string of the molecule is CCCCCCCCCCCCNC(=O)c1ccc2c(c1)CCCC2. The number of nitrogens with one attached hydrogen (secondary N) is 1. The van der Waals surface area contributed by atoms with E-state index in [-0.39, 0.29) is 5.91 Å². The predicted molar refractivity (Wildman–Crippen MR) is 107 cm³/mol. The lowest BCUT2D eigenvalue weighted by molar-refractivity contribution is 0.0953. The van der Waals surface area contributed by atoms with Crippen molar-refractivity contribution < 1.29 is 4.79 Å². The van der Waals surface area contributed by atoms with Gasteiger partial charge in [0.1, 0.15) is 0 Å². The molecule has 25 heavy (non-hydrogen) atoms. The smallest absolute Gasteiger partial charge is 0.251 e. The molecule has 140 valence electrons. The summed E-state index contributed by atoms with van der Waals surface area (Å²) in [6.07, 6.45) is 18.2. The highest BCUT2D eigenvalue weighted by atomic mass is 16.1. The van der Waals surface area contributed by atoms with Crippen molar-refractivity contribution in [3.8, 4) is 0 Å². The van der Waals surface area contributed by atoms with Gasteiger partial charge in [-0.15, -0.1) is 0 Å². The Hall–Kier alpha value is -1.31. The second kappa shape index (κ2) is 12.1. The molecule has 0 atom stereocenters. The minimum absolute atomic E-state index is 0.101. The first kappa shape index (κ1) is 20.0. The fourth-order valence-electron chi connectivity index (χ4n) is 3.79. The summed E-state index contributed by atoms with van der Waals surface area (Å²) in [7, 11) is 0. The van der Waals surface area contributed by atoms with E-state index in [1.807, 2.05) is 6.07 Å². The lowest BCUT2D eigenvalue weighted by atomic mass is 9.90. The van der Waals surface area contributed by atoms with Crippen LogP contribution >= 0.6 is 0 Å². The number of benzene rings is 1. The first-order valence-corrected chi connectivity index (χ1v) is 10.7. The maximum absolute atomic E-state index is 12.3. The van der Waals surface area contributed by atoms with Crippen molar-refractivity contribution in [1.29, 1.82) is 0 Å². The fourth-order valence-corrected chi connectivity index (χ4v) is 3.79. The highest BCUT2D eigenvalue weighted by Crippen LogP contribution is 2.22. The average molecular weight is 344 g/mol. The highest BCUT2D eigenvalue weighted by molar-refractivity contribution is 5.94. The van der Waals surface area contributed by atoms with E-state index in [1.165, 1.54) is 88.2 Å². The summed E-state index contributed by atoms with van der Waals surface area (Å²) in [5.74, 6) is 0.101. The monoisotopic (exact) mass is 343 g/mol. The van der Waals surface area contributed by atoms with Gasteiger partial charge in [-0.05, 0) is 55.4 Å². The van der Waals surface area contributed by atoms with E-state index in [1.54, 1.807) is 0 Å². The zero-order chi connectivity index (χ0) is 17.7. The lowest BCUT2D eigenvalue weighted by Crippen LogP contribution is -2.24. The number of unbranched alkanes of at least 4 members (excludes halogenated alkanes) is 9. The molecule has 0 radical (unpaired) electrons. The van der Waals surface area contributed by atoms with E-state index >= 15 is 0 Å². The van der Waals surface area contributed by atoms with Crippen molar-refractivity contribution in [1.82, 2.24) is 5.32 Å². The van der Waals surface area contributed by atoms with Crippen molar-refractivity contribution >= 4 is 5.91 Å². The molecule has 0 aliphatic heterocycles. The molecule has 1 amide bonds. The van der Waals surface area contributed by atoms with Gasteiger partial charge in [0, 0.05) is 12.1 Å². The third-order valence-electron chi connectivity index (χ3n) is 5.43. The van der Waals surface area contributed by atoms with Crippen LogP contribution in [0.15, 0.2) is 18.2 Å². The summed E-state index contributed by atoms with van der Waals surface area (Å²) in [5.41, 5.74) is 3.67. The van der Waals surface area contributed by atoms with Crippen LogP contribution in [0.2, 0.25) is 0 Å². The van der Waals surface area contributed by atoms with Gasteiger partial charge in [0.25, 0.3) is 5.91 Å². The molecule has 2 heteroatoms. The molecule has 0 unspecified atom stereocenters. The molecule has 0 bridgehead atoms. The number of aryl methyl sites for hydroxylation is 2. The molecular weight excluding hydrogens is 306 g/mol. The zero-order valence-corrected chi connectivity index (χ0v) is 16.2. The molecule has 0 spiro atoms. The number of hydrogen-bond acceptors (Lipinski definition) is 1. The maximum atomic E-state index is 12.3. The molecule has 0 saturated heterocycles. The molecule has 2 rings (SSSR count). The average Bonchev–Trinajstić information content (AvgIpc) is 2.65. The molecule has 1 aliphatic carbocycles. The minimum Gasteiger partial charge on any atom is -0.352 e. The second-order valence-electron chi connectivity index (χ2n) is 7.63. The first-order chi connectivity index (χ1) is 12.3. The Morgan fingerprint density at radius 1 is 0.840 bits per heavy atom. The predicted octanol–water partition coefficient (Wildman–Crippen LogP) is 6.22. The van der Waals surface area contributed by atoms with Crippen LogP contribution in [0.3, 0.4) is 0 Å². The fraction of sp³-hybridized carbons (Fsp3) is 0.696. The van der Waals surface area contributed by atoms with Crippen LogP contribution in [-0.2, 0) is 12.8 Å². The molecule has 1 aromatic rings. The number of amides is 1. The molecular formula is C23H37NO. The summed E-state index contributed by atoms with van der Waals surface area (Å²) < 4.78 is 0. The van der Waals surface area contributed by atoms with Crippen molar-refractivity contribution in [2.24, 2.45) is 0 Å². The van der Waals surface area contributed by atoms with Gasteiger partial charge in [-0.1, -0.05) is 70.8 Å². The van der Waals surface area contributed by atoms with Crippen molar-refractivity contribution in [2.75, 3.05) is 6.54 Å². The van der Waals surface area contributed by atoms with Gasteiger partial charge in [0.2, 0.25) is 0 Å². The Labute approximate surface area is 154 Å². The van der Waals surface area contributed by atoms with Crippen molar-refractivity contribution in [3.05, 3.63) is 34.9 Å². The van der Waals surface area contributed by atoms with Crippen LogP contribution in [0.4, 0.5) is 0 Å². The molecule has 1 aromatic carbocycles. The van der Waals surface area contributed by atoms with Gasteiger partial charge < -0.3 is 5.32 Å². The zero-order valence-electron chi connectivity index (χ0n) is 16.2. The van der Waals surface area contributed by atoms with Gasteiger partial charge in [-0.2, -0.15) is 0 Å². The van der Waals surface area contributed by atoms with E-state index in [9.17, 15) is 4.79 Å². The molecule has 0 aromatic heterocycles. The van der Waals surface area contributed by atoms with Gasteiger partial charge in [-0.3, -0.25) is 4.79 Å². The summed E-state index contributed by atoms with van der Waals surface area (Å²) >= 11 is 0. The second-order valence-corrected chi connectivity index (χ2v) is 7.63. The van der Waals surface area contributed by atoms with Crippen LogP contribution < -0.4 is 5.32 Å². The van der Waals surface area contributed by atoms with Crippen LogP contribution in [0.25, 0.3) is 0 Å². The Morgan fingerprint density at radius 3 is 2.12 bits per heavy atom. The number of rotatable bonds is 12. The Morgan fingerprint density at radius 2 is 1.44 bits per heavy atom. The standard InChI is InChI=1S/C23H37NO/c1-2-3-4-5-6-7-8-9-10-13-18-24-23(25)22-17-16-20-14-11-12-15-21(20)19-22/h16-17,19H,2-15,18H2,1H3,(H,24,25).